The molecule has 0 aliphatic heterocycles. The Morgan fingerprint density at radius 2 is 1.92 bits per heavy atom. The number of nitrogens with one attached hydrogen (secondary N) is 1. The van der Waals surface area contributed by atoms with Crippen LogP contribution in [0.2, 0.25) is 0 Å². The number of carbonyl (C=O) groups is 1. The highest BCUT2D eigenvalue weighted by atomic mass is 16.5. The third kappa shape index (κ3) is 4.40. The van der Waals surface area contributed by atoms with Crippen molar-refractivity contribution in [3.8, 4) is 11.1 Å². The molecular formula is C21H25NO3. The SMILES string of the molecule is CNc1cccc(-c2ccc(C(C)C(OCC3CC3)C(=O)O)cc2)c1. The van der Waals surface area contributed by atoms with E-state index in [1.165, 1.54) is 0 Å². The fraction of sp³-hybridized carbons (Fsp3) is 0.381. The zero-order valence-corrected chi connectivity index (χ0v) is 14.7. The topological polar surface area (TPSA) is 58.6 Å². The largest absolute Gasteiger partial charge is 0.479 e. The summed E-state index contributed by atoms with van der Waals surface area (Å²) < 4.78 is 5.68. The van der Waals surface area contributed by atoms with Gasteiger partial charge < -0.3 is 15.2 Å². The Hall–Kier alpha value is -2.33. The Morgan fingerprint density at radius 1 is 1.20 bits per heavy atom. The second-order valence-corrected chi connectivity index (χ2v) is 6.78. The van der Waals surface area contributed by atoms with Crippen molar-refractivity contribution in [1.82, 2.24) is 0 Å². The molecule has 0 heterocycles. The molecule has 3 rings (SSSR count). The number of anilines is 1. The first kappa shape index (κ1) is 17.5. The molecule has 2 aromatic carbocycles. The molecule has 1 saturated carbocycles. The van der Waals surface area contributed by atoms with Crippen LogP contribution in [-0.2, 0) is 9.53 Å². The summed E-state index contributed by atoms with van der Waals surface area (Å²) in [5.41, 5.74) is 4.29. The summed E-state index contributed by atoms with van der Waals surface area (Å²) in [6, 6.07) is 16.3. The van der Waals surface area contributed by atoms with Crippen LogP contribution in [0.1, 0.15) is 31.2 Å². The summed E-state index contributed by atoms with van der Waals surface area (Å²) in [6.45, 7) is 2.47. The average molecular weight is 339 g/mol. The Kier molecular flexibility index (Phi) is 5.39. The number of rotatable bonds is 8. The van der Waals surface area contributed by atoms with Gasteiger partial charge >= 0.3 is 5.97 Å². The quantitative estimate of drug-likeness (QED) is 0.749. The van der Waals surface area contributed by atoms with E-state index in [2.05, 4.69) is 17.4 Å². The first-order valence-electron chi connectivity index (χ1n) is 8.81. The molecule has 0 radical (unpaired) electrons. The fourth-order valence-corrected chi connectivity index (χ4v) is 2.96. The van der Waals surface area contributed by atoms with Gasteiger partial charge in [-0.15, -0.1) is 0 Å². The van der Waals surface area contributed by atoms with Crippen molar-refractivity contribution in [3.05, 3.63) is 54.1 Å². The third-order valence-corrected chi connectivity index (χ3v) is 4.83. The van der Waals surface area contributed by atoms with Gasteiger partial charge in [0.2, 0.25) is 0 Å². The van der Waals surface area contributed by atoms with Crippen molar-refractivity contribution in [1.29, 1.82) is 0 Å². The van der Waals surface area contributed by atoms with Gasteiger partial charge in [0.25, 0.3) is 0 Å². The molecule has 1 fully saturated rings. The van der Waals surface area contributed by atoms with Crippen molar-refractivity contribution in [2.75, 3.05) is 19.0 Å². The first-order valence-corrected chi connectivity index (χ1v) is 8.81. The monoisotopic (exact) mass is 339 g/mol. The van der Waals surface area contributed by atoms with Crippen molar-refractivity contribution < 1.29 is 14.6 Å². The minimum Gasteiger partial charge on any atom is -0.479 e. The number of aliphatic carboxylic acids is 1. The van der Waals surface area contributed by atoms with E-state index in [-0.39, 0.29) is 5.92 Å². The molecule has 4 nitrogen and oxygen atoms in total. The molecule has 1 aliphatic rings. The minimum atomic E-state index is -0.890. The van der Waals surface area contributed by atoms with Crippen LogP contribution in [0, 0.1) is 5.92 Å². The average Bonchev–Trinajstić information content (AvgIpc) is 3.46. The zero-order chi connectivity index (χ0) is 17.8. The number of carboxylic acid groups (broad SMARTS) is 1. The summed E-state index contributed by atoms with van der Waals surface area (Å²) in [5.74, 6) is -0.524. The van der Waals surface area contributed by atoms with Crippen LogP contribution in [0.3, 0.4) is 0 Å². The Balaban J connectivity index is 1.74. The van der Waals surface area contributed by atoms with Crippen LogP contribution in [-0.4, -0.2) is 30.8 Å². The molecule has 0 saturated heterocycles. The van der Waals surface area contributed by atoms with E-state index in [4.69, 9.17) is 4.74 Å². The lowest BCUT2D eigenvalue weighted by atomic mass is 9.93. The molecule has 132 valence electrons. The lowest BCUT2D eigenvalue weighted by Gasteiger charge is -2.21. The standard InChI is InChI=1S/C21H25NO3/c1-14(20(21(23)24)25-13-15-6-7-15)16-8-10-17(11-9-16)18-4-3-5-19(12-18)22-2/h3-5,8-12,14-15,20,22H,6-7,13H2,1-2H3,(H,23,24). The molecular weight excluding hydrogens is 314 g/mol. The van der Waals surface area contributed by atoms with E-state index >= 15 is 0 Å². The first-order chi connectivity index (χ1) is 12.1. The normalized spacial score (nSPS) is 16.2. The molecule has 2 N–H and O–H groups in total. The lowest BCUT2D eigenvalue weighted by molar-refractivity contribution is -0.152. The molecule has 0 aromatic heterocycles. The number of ether oxygens (including phenoxy) is 1. The molecule has 25 heavy (non-hydrogen) atoms. The summed E-state index contributed by atoms with van der Waals surface area (Å²) >= 11 is 0. The van der Waals surface area contributed by atoms with Crippen LogP contribution in [0.4, 0.5) is 5.69 Å². The van der Waals surface area contributed by atoms with E-state index in [1.54, 1.807) is 0 Å². The Bertz CT molecular complexity index is 722. The van der Waals surface area contributed by atoms with Gasteiger partial charge in [0.15, 0.2) is 6.10 Å². The maximum Gasteiger partial charge on any atom is 0.333 e. The Morgan fingerprint density at radius 3 is 2.52 bits per heavy atom. The molecule has 0 spiro atoms. The van der Waals surface area contributed by atoms with E-state index < -0.39 is 12.1 Å². The van der Waals surface area contributed by atoms with Gasteiger partial charge in [-0.1, -0.05) is 43.3 Å². The zero-order valence-electron chi connectivity index (χ0n) is 14.7. The van der Waals surface area contributed by atoms with Gasteiger partial charge in [0.05, 0.1) is 6.61 Å². The minimum absolute atomic E-state index is 0.186. The van der Waals surface area contributed by atoms with Gasteiger partial charge in [-0.05, 0) is 47.6 Å². The summed E-state index contributed by atoms with van der Waals surface area (Å²) in [4.78, 5) is 11.6. The van der Waals surface area contributed by atoms with Crippen LogP contribution in [0.5, 0.6) is 0 Å². The Labute approximate surface area is 148 Å². The second-order valence-electron chi connectivity index (χ2n) is 6.78. The van der Waals surface area contributed by atoms with E-state index in [9.17, 15) is 9.90 Å². The summed E-state index contributed by atoms with van der Waals surface area (Å²) in [7, 11) is 1.90. The highest BCUT2D eigenvalue weighted by molar-refractivity contribution is 5.74. The smallest absolute Gasteiger partial charge is 0.333 e. The fourth-order valence-electron chi connectivity index (χ4n) is 2.96. The molecule has 4 heteroatoms. The van der Waals surface area contributed by atoms with Crippen molar-refractivity contribution >= 4 is 11.7 Å². The lowest BCUT2D eigenvalue weighted by Crippen LogP contribution is -2.30. The number of hydrogen-bond acceptors (Lipinski definition) is 3. The van der Waals surface area contributed by atoms with Gasteiger partial charge in [-0.25, -0.2) is 4.79 Å². The van der Waals surface area contributed by atoms with Crippen LogP contribution in [0.25, 0.3) is 11.1 Å². The van der Waals surface area contributed by atoms with Gasteiger partial charge in [0, 0.05) is 18.7 Å². The van der Waals surface area contributed by atoms with Gasteiger partial charge in [-0.2, -0.15) is 0 Å². The molecule has 0 amide bonds. The predicted octanol–water partition coefficient (Wildman–Crippen LogP) is 4.38. The van der Waals surface area contributed by atoms with Crippen LogP contribution >= 0.6 is 0 Å². The predicted molar refractivity (Wildman–Crippen MR) is 99.9 cm³/mol. The van der Waals surface area contributed by atoms with Gasteiger partial charge in [-0.3, -0.25) is 0 Å². The third-order valence-electron chi connectivity index (χ3n) is 4.83. The summed E-state index contributed by atoms with van der Waals surface area (Å²) in [6.07, 6.45) is 1.52. The van der Waals surface area contributed by atoms with Crippen LogP contribution < -0.4 is 5.32 Å². The highest BCUT2D eigenvalue weighted by Gasteiger charge is 2.30. The molecule has 2 atom stereocenters. The summed E-state index contributed by atoms with van der Waals surface area (Å²) in [5, 5.41) is 12.6. The van der Waals surface area contributed by atoms with Gasteiger partial charge in [0.1, 0.15) is 0 Å². The maximum atomic E-state index is 11.6. The van der Waals surface area contributed by atoms with E-state index in [0.717, 1.165) is 35.2 Å². The molecule has 2 aromatic rings. The second kappa shape index (κ2) is 7.70. The molecule has 2 unspecified atom stereocenters. The number of carboxylic acids is 1. The number of benzene rings is 2. The highest BCUT2D eigenvalue weighted by Crippen LogP contribution is 2.31. The van der Waals surface area contributed by atoms with Crippen molar-refractivity contribution in [3.63, 3.8) is 0 Å². The molecule has 0 bridgehead atoms. The maximum absolute atomic E-state index is 11.6. The van der Waals surface area contributed by atoms with Crippen molar-refractivity contribution in [2.45, 2.75) is 31.8 Å². The molecule has 1 aliphatic carbocycles. The van der Waals surface area contributed by atoms with E-state index in [0.29, 0.717) is 12.5 Å². The van der Waals surface area contributed by atoms with Crippen LogP contribution in [0.15, 0.2) is 48.5 Å². The number of hydrogen-bond donors (Lipinski definition) is 2. The van der Waals surface area contributed by atoms with E-state index in [1.807, 2.05) is 50.4 Å². The van der Waals surface area contributed by atoms with Crippen molar-refractivity contribution in [2.24, 2.45) is 5.92 Å².